The van der Waals surface area contributed by atoms with Crippen LogP contribution in [-0.4, -0.2) is 59.7 Å². The second-order valence-electron chi connectivity index (χ2n) is 6.33. The van der Waals surface area contributed by atoms with Crippen LogP contribution in [0.4, 0.5) is 4.79 Å². The van der Waals surface area contributed by atoms with Gasteiger partial charge in [0.05, 0.1) is 18.9 Å². The van der Waals surface area contributed by atoms with E-state index in [1.165, 1.54) is 4.90 Å². The monoisotopic (exact) mass is 283 g/mol. The van der Waals surface area contributed by atoms with Crippen molar-refractivity contribution in [1.29, 1.82) is 0 Å². The summed E-state index contributed by atoms with van der Waals surface area (Å²) >= 11 is 0. The summed E-state index contributed by atoms with van der Waals surface area (Å²) in [6.45, 7) is 9.97. The lowest BCUT2D eigenvalue weighted by molar-refractivity contribution is -0.132. The summed E-state index contributed by atoms with van der Waals surface area (Å²) in [4.78, 5) is 27.7. The van der Waals surface area contributed by atoms with Crippen LogP contribution in [0.3, 0.4) is 0 Å². The average Bonchev–Trinajstić information content (AvgIpc) is 2.55. The van der Waals surface area contributed by atoms with Gasteiger partial charge in [0.25, 0.3) is 5.91 Å². The second kappa shape index (κ2) is 6.10. The number of morpholine rings is 1. The molecule has 3 atom stereocenters. The summed E-state index contributed by atoms with van der Waals surface area (Å²) in [7, 11) is 0. The molecule has 1 N–H and O–H groups in total. The van der Waals surface area contributed by atoms with E-state index < -0.39 is 0 Å². The molecule has 6 nitrogen and oxygen atoms in total. The van der Waals surface area contributed by atoms with E-state index >= 15 is 0 Å². The van der Waals surface area contributed by atoms with E-state index in [2.05, 4.69) is 10.2 Å². The summed E-state index contributed by atoms with van der Waals surface area (Å²) in [6, 6.07) is -0.633. The molecule has 2 fully saturated rings. The van der Waals surface area contributed by atoms with Gasteiger partial charge >= 0.3 is 6.03 Å². The molecule has 0 bridgehead atoms. The molecule has 2 aliphatic heterocycles. The van der Waals surface area contributed by atoms with Crippen LogP contribution in [0.2, 0.25) is 0 Å². The molecule has 0 saturated carbocycles. The maximum atomic E-state index is 12.3. The summed E-state index contributed by atoms with van der Waals surface area (Å²) in [5, 5.41) is 2.78. The maximum absolute atomic E-state index is 12.3. The zero-order valence-corrected chi connectivity index (χ0v) is 12.8. The van der Waals surface area contributed by atoms with Gasteiger partial charge in [-0.15, -0.1) is 0 Å². The highest BCUT2D eigenvalue weighted by Crippen LogP contribution is 2.17. The molecule has 0 aromatic rings. The molecule has 0 aromatic heterocycles. The first-order valence-corrected chi connectivity index (χ1v) is 7.36. The van der Waals surface area contributed by atoms with Crippen molar-refractivity contribution >= 4 is 11.9 Å². The van der Waals surface area contributed by atoms with Gasteiger partial charge in [-0.2, -0.15) is 0 Å². The van der Waals surface area contributed by atoms with E-state index in [0.29, 0.717) is 19.0 Å². The molecule has 2 heterocycles. The number of hydrogen-bond donors (Lipinski definition) is 1. The SMILES string of the molecule is CC(C)C[C@H]1NC(=O)N(CN2C[C@@H](C)O[C@@H](C)C2)C1=O. The van der Waals surface area contributed by atoms with Crippen LogP contribution in [0.25, 0.3) is 0 Å². The van der Waals surface area contributed by atoms with Gasteiger partial charge in [-0.1, -0.05) is 13.8 Å². The highest BCUT2D eigenvalue weighted by atomic mass is 16.5. The first-order chi connectivity index (χ1) is 9.36. The third kappa shape index (κ3) is 3.49. The summed E-state index contributed by atoms with van der Waals surface area (Å²) < 4.78 is 5.66. The van der Waals surface area contributed by atoms with Gasteiger partial charge in [0.2, 0.25) is 0 Å². The number of ether oxygens (including phenoxy) is 1. The Balaban J connectivity index is 1.95. The van der Waals surface area contributed by atoms with E-state index in [1.807, 2.05) is 27.7 Å². The van der Waals surface area contributed by atoms with E-state index in [9.17, 15) is 9.59 Å². The minimum atomic E-state index is -0.363. The van der Waals surface area contributed by atoms with Gasteiger partial charge in [-0.05, 0) is 26.2 Å². The van der Waals surface area contributed by atoms with E-state index in [-0.39, 0.29) is 30.2 Å². The number of urea groups is 1. The van der Waals surface area contributed by atoms with Crippen LogP contribution in [0.1, 0.15) is 34.1 Å². The molecular formula is C14H25N3O3. The van der Waals surface area contributed by atoms with Gasteiger partial charge < -0.3 is 10.1 Å². The third-order valence-electron chi connectivity index (χ3n) is 3.65. The van der Waals surface area contributed by atoms with Crippen molar-refractivity contribution in [2.45, 2.75) is 52.4 Å². The molecule has 0 unspecified atom stereocenters. The minimum Gasteiger partial charge on any atom is -0.373 e. The van der Waals surface area contributed by atoms with Gasteiger partial charge in [0, 0.05) is 13.1 Å². The molecule has 2 aliphatic rings. The van der Waals surface area contributed by atoms with Crippen LogP contribution >= 0.6 is 0 Å². The number of amides is 3. The predicted molar refractivity (Wildman–Crippen MR) is 75.1 cm³/mol. The van der Waals surface area contributed by atoms with Gasteiger partial charge in [-0.3, -0.25) is 9.69 Å². The minimum absolute atomic E-state index is 0.101. The lowest BCUT2D eigenvalue weighted by Gasteiger charge is -2.36. The maximum Gasteiger partial charge on any atom is 0.325 e. The molecule has 2 saturated heterocycles. The zero-order valence-electron chi connectivity index (χ0n) is 12.8. The first kappa shape index (κ1) is 15.3. The number of hydrogen-bond acceptors (Lipinski definition) is 4. The molecule has 0 aliphatic carbocycles. The van der Waals surface area contributed by atoms with Gasteiger partial charge in [0.1, 0.15) is 6.04 Å². The fourth-order valence-corrected chi connectivity index (χ4v) is 2.94. The fraction of sp³-hybridized carbons (Fsp3) is 0.857. The van der Waals surface area contributed by atoms with Crippen molar-refractivity contribution in [1.82, 2.24) is 15.1 Å². The van der Waals surface area contributed by atoms with Gasteiger partial charge in [-0.25, -0.2) is 9.69 Å². The average molecular weight is 283 g/mol. The molecule has 0 aromatic carbocycles. The van der Waals surface area contributed by atoms with Crippen molar-refractivity contribution in [3.63, 3.8) is 0 Å². The third-order valence-corrected chi connectivity index (χ3v) is 3.65. The highest BCUT2D eigenvalue weighted by molar-refractivity contribution is 6.04. The Morgan fingerprint density at radius 2 is 1.85 bits per heavy atom. The smallest absolute Gasteiger partial charge is 0.325 e. The Morgan fingerprint density at radius 1 is 1.25 bits per heavy atom. The summed E-state index contributed by atoms with van der Waals surface area (Å²) in [6.07, 6.45) is 0.953. The summed E-state index contributed by atoms with van der Waals surface area (Å²) in [5.41, 5.74) is 0. The van der Waals surface area contributed by atoms with Crippen LogP contribution < -0.4 is 5.32 Å². The normalized spacial score (nSPS) is 32.0. The number of nitrogens with zero attached hydrogens (tertiary/aromatic N) is 2. The zero-order chi connectivity index (χ0) is 14.9. The Hall–Kier alpha value is -1.14. The molecule has 3 amide bonds. The Bertz CT molecular complexity index is 376. The molecular weight excluding hydrogens is 258 g/mol. The molecule has 0 radical (unpaired) electrons. The number of nitrogens with one attached hydrogen (secondary N) is 1. The summed E-state index contributed by atoms with van der Waals surface area (Å²) in [5.74, 6) is 0.281. The van der Waals surface area contributed by atoms with Crippen molar-refractivity contribution < 1.29 is 14.3 Å². The van der Waals surface area contributed by atoms with E-state index in [0.717, 1.165) is 13.1 Å². The number of imide groups is 1. The lowest BCUT2D eigenvalue weighted by atomic mass is 10.0. The molecule has 6 heteroatoms. The van der Waals surface area contributed by atoms with E-state index in [1.54, 1.807) is 0 Å². The molecule has 114 valence electrons. The van der Waals surface area contributed by atoms with Crippen molar-refractivity contribution in [3.05, 3.63) is 0 Å². The quantitative estimate of drug-likeness (QED) is 0.783. The van der Waals surface area contributed by atoms with Gasteiger partial charge in [0.15, 0.2) is 0 Å². The number of rotatable bonds is 4. The lowest BCUT2D eigenvalue weighted by Crippen LogP contribution is -2.51. The standard InChI is InChI=1S/C14H25N3O3/c1-9(2)5-12-13(18)17(14(19)15-12)8-16-6-10(3)20-11(4)7-16/h9-12H,5-8H2,1-4H3,(H,15,19)/t10-,11+,12-/m1/s1. The van der Waals surface area contributed by atoms with Crippen LogP contribution in [-0.2, 0) is 9.53 Å². The van der Waals surface area contributed by atoms with Crippen molar-refractivity contribution in [2.75, 3.05) is 19.8 Å². The Morgan fingerprint density at radius 3 is 2.40 bits per heavy atom. The van der Waals surface area contributed by atoms with Crippen LogP contribution in [0.5, 0.6) is 0 Å². The molecule has 20 heavy (non-hydrogen) atoms. The van der Waals surface area contributed by atoms with Crippen LogP contribution in [0, 0.1) is 5.92 Å². The molecule has 0 spiro atoms. The Labute approximate surface area is 120 Å². The predicted octanol–water partition coefficient (Wildman–Crippen LogP) is 1.02. The molecule has 2 rings (SSSR count). The Kier molecular flexibility index (Phi) is 4.65. The highest BCUT2D eigenvalue weighted by Gasteiger charge is 2.39. The second-order valence-corrected chi connectivity index (χ2v) is 6.33. The number of carbonyl (C=O) groups is 2. The first-order valence-electron chi connectivity index (χ1n) is 7.36. The number of carbonyl (C=O) groups excluding carboxylic acids is 2. The van der Waals surface area contributed by atoms with E-state index in [4.69, 9.17) is 4.74 Å². The van der Waals surface area contributed by atoms with Crippen molar-refractivity contribution in [3.8, 4) is 0 Å². The van der Waals surface area contributed by atoms with Crippen molar-refractivity contribution in [2.24, 2.45) is 5.92 Å². The topological polar surface area (TPSA) is 61.9 Å². The fourth-order valence-electron chi connectivity index (χ4n) is 2.94. The van der Waals surface area contributed by atoms with Crippen LogP contribution in [0.15, 0.2) is 0 Å². The largest absolute Gasteiger partial charge is 0.373 e.